The molecule has 1 saturated heterocycles. The maximum Gasteiger partial charge on any atom is 1.00 e. The largest absolute Gasteiger partial charge is 1.00 e. The molecule has 42 heteroatoms. The van der Waals surface area contributed by atoms with Crippen molar-refractivity contribution in [3.05, 3.63) is 0 Å². The Bertz CT molecular complexity index is 610. The van der Waals surface area contributed by atoms with Gasteiger partial charge in [0.2, 0.25) is 0 Å². The van der Waals surface area contributed by atoms with Crippen LogP contribution in [0, 0.1) is 0 Å². The zero-order chi connectivity index (χ0) is 19.2. The molecule has 0 saturated carbocycles. The molecule has 30 nitrogen and oxygen atoms in total. The van der Waals surface area contributed by atoms with Gasteiger partial charge in [0.1, 0.15) is 0 Å². The third-order valence-electron chi connectivity index (χ3n) is 1.20. The summed E-state index contributed by atoms with van der Waals surface area (Å²) in [5.74, 6) is 0. The monoisotopic (exact) mass is 780 g/mol. The molecule has 0 aliphatic carbocycles. The van der Waals surface area contributed by atoms with Gasteiger partial charge >= 0.3 is 145 Å². The summed E-state index contributed by atoms with van der Waals surface area (Å²) in [5, 5.41) is 0. The number of rotatable bonds is 0. The van der Waals surface area contributed by atoms with E-state index in [-0.39, 0.29) is 211 Å². The van der Waals surface area contributed by atoms with Crippen LogP contribution in [0.5, 0.6) is 0 Å². The fraction of sp³-hybridized carbons (Fsp3) is 0. The molecular formula is H24Li3Na3O30P6. The second kappa shape index (κ2) is 42.4. The van der Waals surface area contributed by atoms with E-state index in [9.17, 15) is 56.8 Å². The quantitative estimate of drug-likeness (QED) is 0.163. The normalized spacial score (nSPS) is 31.6. The van der Waals surface area contributed by atoms with E-state index in [0.29, 0.717) is 0 Å². The summed E-state index contributed by atoms with van der Waals surface area (Å²) >= 11 is 0. The zero-order valence-corrected chi connectivity index (χ0v) is 33.4. The van der Waals surface area contributed by atoms with Crippen LogP contribution in [0.15, 0.2) is 0 Å². The molecule has 0 amide bonds. The molecule has 0 atom stereocenters. The Morgan fingerprint density at radius 1 is 0.262 bits per heavy atom. The van der Waals surface area contributed by atoms with E-state index in [4.69, 9.17) is 0 Å². The summed E-state index contributed by atoms with van der Waals surface area (Å²) in [4.78, 5) is 65.8. The van der Waals surface area contributed by atoms with Gasteiger partial charge in [-0.05, 0) is 0 Å². The van der Waals surface area contributed by atoms with Crippen molar-refractivity contribution in [3.63, 3.8) is 0 Å². The number of phosphoric acid groups is 6. The summed E-state index contributed by atoms with van der Waals surface area (Å²) in [6.45, 7) is 0. The first-order chi connectivity index (χ1) is 10.2. The van der Waals surface area contributed by atoms with Crippen LogP contribution in [0.1, 0.15) is 0 Å². The first-order valence-electron chi connectivity index (χ1n) is 4.38. The Labute approximate surface area is 336 Å². The summed E-state index contributed by atoms with van der Waals surface area (Å²) in [7, 11) is -39.3. The molecule has 0 aromatic carbocycles. The zero-order valence-electron chi connectivity index (χ0n) is 22.0. The average Bonchev–Trinajstić information content (AvgIpc) is 1.98. The maximum atomic E-state index is 11.0. The van der Waals surface area contributed by atoms with Crippen molar-refractivity contribution in [2.75, 3.05) is 0 Å². The molecule has 0 radical (unpaired) electrons. The Kier molecular flexibility index (Phi) is 119. The van der Waals surface area contributed by atoms with E-state index >= 15 is 0 Å². The number of hydrogen-bond acceptors (Lipinski definition) is 18. The molecule has 1 rings (SSSR count). The van der Waals surface area contributed by atoms with Crippen LogP contribution in [0.3, 0.4) is 0 Å². The van der Waals surface area contributed by atoms with Gasteiger partial charge in [-0.15, -0.1) is 0 Å². The van der Waals surface area contributed by atoms with Gasteiger partial charge in [-0.25, -0.2) is 25.9 Å². The van der Waals surface area contributed by atoms with Crippen molar-refractivity contribution >= 4 is 46.9 Å². The van der Waals surface area contributed by atoms with E-state index in [1.807, 2.05) is 0 Å². The fourth-order valence-electron chi connectivity index (χ4n) is 0.824. The van der Waals surface area contributed by atoms with E-state index < -0.39 is 46.9 Å². The van der Waals surface area contributed by atoms with E-state index in [1.54, 1.807) is 0 Å². The van der Waals surface area contributed by atoms with Crippen molar-refractivity contribution in [2.24, 2.45) is 0 Å². The molecule has 0 bridgehead atoms. The number of hydrogen-bond donors (Lipinski definition) is 0. The minimum Gasteiger partial charge on any atom is -0.756 e. The van der Waals surface area contributed by atoms with Crippen molar-refractivity contribution in [3.8, 4) is 0 Å². The van der Waals surface area contributed by atoms with Crippen LogP contribution in [0.4, 0.5) is 0 Å². The van der Waals surface area contributed by atoms with Gasteiger partial charge in [-0.3, -0.25) is 27.4 Å². The van der Waals surface area contributed by atoms with Gasteiger partial charge in [-0.1, -0.05) is 0 Å². The molecule has 24 N–H and O–H groups in total. The van der Waals surface area contributed by atoms with Gasteiger partial charge in [0.15, 0.2) is 0 Å². The summed E-state index contributed by atoms with van der Waals surface area (Å²) in [6, 6.07) is 0. The minimum absolute atomic E-state index is 0. The third kappa shape index (κ3) is 52.0. The Morgan fingerprint density at radius 3 is 0.357 bits per heavy atom. The molecule has 1 heterocycles. The van der Waals surface area contributed by atoms with Gasteiger partial charge in [0, 0.05) is 0 Å². The van der Waals surface area contributed by atoms with E-state index in [1.165, 1.54) is 0 Å². The SMILES string of the molecule is O.O.O.O.O.O.O.O.O.O.O.O.O=P1([O-])OP(=O)([O-])OP(=O)([O-])OP(=O)([O-])OP(=O)([O-])OP(=O)([O-])O1.[Li+].[Li+].[Li+].[Na+].[Na+].[Na+]. The van der Waals surface area contributed by atoms with Gasteiger partial charge in [0.05, 0.1) is 0 Å². The maximum absolute atomic E-state index is 11.0. The summed E-state index contributed by atoms with van der Waals surface area (Å²) in [5.41, 5.74) is 0. The minimum atomic E-state index is -6.56. The van der Waals surface area contributed by atoms with Gasteiger partial charge in [0.25, 0.3) is 46.9 Å². The van der Waals surface area contributed by atoms with E-state index in [0.717, 1.165) is 0 Å². The van der Waals surface area contributed by atoms with Crippen LogP contribution in [0.2, 0.25) is 0 Å². The van der Waals surface area contributed by atoms with Crippen LogP contribution < -0.4 is 175 Å². The topological polar surface area (TPSA) is 674 Å². The summed E-state index contributed by atoms with van der Waals surface area (Å²) in [6.07, 6.45) is 0. The molecule has 240 valence electrons. The molecular weight excluding hydrogens is 756 g/mol. The predicted octanol–water partition coefficient (Wildman–Crippen LogP) is -31.0. The van der Waals surface area contributed by atoms with Gasteiger partial charge in [-0.2, -0.15) is 0 Å². The Balaban J connectivity index is -0.0000000200. The van der Waals surface area contributed by atoms with Crippen molar-refractivity contribution in [1.29, 1.82) is 0 Å². The fourth-order valence-corrected chi connectivity index (χ4v) is 9.03. The molecule has 1 fully saturated rings. The standard InChI is InChI=1S/3Li.3Na.H6O18P6.12H2O/c;;;;;;1-19(2)13-20(3,4)15-22(7,8)17-24(11,12)18-23(9,10)16-21(5,6)14-19;;;;;;;;;;;;/h;;;;;;(H,1,2)(H,3,4)(H,5,6)(H,7,8)(H,9,10)(H,11,12);12*1H2/q6*+1;;;;;;;;;;;;;/p-6. The predicted molar refractivity (Wildman–Crippen MR) is 95.5 cm³/mol. The van der Waals surface area contributed by atoms with Crippen molar-refractivity contribution in [1.82, 2.24) is 0 Å². The van der Waals surface area contributed by atoms with Crippen molar-refractivity contribution < 1.29 is 294 Å². The second-order valence-electron chi connectivity index (χ2n) is 3.17. The first kappa shape index (κ1) is 118. The first-order valence-corrected chi connectivity index (χ1v) is 13.1. The molecule has 0 unspecified atom stereocenters. The molecule has 42 heavy (non-hydrogen) atoms. The Hall–Kier alpha value is 5.21. The molecule has 1 aliphatic heterocycles. The van der Waals surface area contributed by atoms with Crippen LogP contribution in [0.25, 0.3) is 0 Å². The smallest absolute Gasteiger partial charge is 0.756 e. The molecule has 0 aromatic heterocycles. The third-order valence-corrected chi connectivity index (χ3v) is 10.8. The summed E-state index contributed by atoms with van der Waals surface area (Å²) < 4.78 is 83.4. The van der Waals surface area contributed by atoms with E-state index in [2.05, 4.69) is 25.9 Å². The molecule has 1 aliphatic rings. The average molecular weight is 780 g/mol. The van der Waals surface area contributed by atoms with Crippen LogP contribution in [-0.4, -0.2) is 65.7 Å². The van der Waals surface area contributed by atoms with Crippen LogP contribution in [-0.2, 0) is 53.3 Å². The van der Waals surface area contributed by atoms with Crippen molar-refractivity contribution in [2.45, 2.75) is 0 Å². The molecule has 0 aromatic rings. The van der Waals surface area contributed by atoms with Gasteiger partial charge < -0.3 is 95.1 Å². The molecule has 0 spiro atoms. The second-order valence-corrected chi connectivity index (χ2v) is 12.5. The van der Waals surface area contributed by atoms with Crippen LogP contribution >= 0.6 is 46.9 Å². The Morgan fingerprint density at radius 2 is 0.310 bits per heavy atom.